The van der Waals surface area contributed by atoms with Crippen LogP contribution in [0.25, 0.3) is 0 Å². The maximum absolute atomic E-state index is 12.1. The second kappa shape index (κ2) is 5.87. The Morgan fingerprint density at radius 1 is 0.857 bits per heavy atom. The molecule has 5 heteroatoms. The van der Waals surface area contributed by atoms with E-state index in [1.807, 2.05) is 6.07 Å². The Balaban J connectivity index is 1.99. The first-order chi connectivity index (χ1) is 10.1. The fourth-order valence-corrected chi connectivity index (χ4v) is 4.26. The molecule has 21 heavy (non-hydrogen) atoms. The molecule has 2 heterocycles. The first kappa shape index (κ1) is 14.7. The second-order valence-electron chi connectivity index (χ2n) is 6.17. The first-order valence-electron chi connectivity index (χ1n) is 7.90. The van der Waals surface area contributed by atoms with Gasteiger partial charge in [0.15, 0.2) is 9.84 Å². The lowest BCUT2D eigenvalue weighted by Gasteiger charge is -2.30. The highest BCUT2D eigenvalue weighted by Gasteiger charge is 2.22. The fraction of sp³-hybridized carbons (Fsp3) is 0.625. The van der Waals surface area contributed by atoms with E-state index in [1.165, 1.54) is 31.2 Å². The van der Waals surface area contributed by atoms with E-state index in [-0.39, 0.29) is 0 Å². The zero-order valence-electron chi connectivity index (χ0n) is 12.7. The third-order valence-electron chi connectivity index (χ3n) is 4.51. The molecule has 0 bridgehead atoms. The SMILES string of the molecule is CS(=O)(=O)c1ccc(N2CCCCC2)cc1N1CCCC1. The first-order valence-corrected chi connectivity index (χ1v) is 9.79. The van der Waals surface area contributed by atoms with Crippen LogP contribution in [0.5, 0.6) is 0 Å². The Labute approximate surface area is 127 Å². The molecule has 0 amide bonds. The van der Waals surface area contributed by atoms with Crippen LogP contribution in [0.4, 0.5) is 11.4 Å². The lowest BCUT2D eigenvalue weighted by molar-refractivity contribution is 0.577. The molecule has 2 aliphatic heterocycles. The predicted molar refractivity (Wildman–Crippen MR) is 87.1 cm³/mol. The summed E-state index contributed by atoms with van der Waals surface area (Å²) in [4.78, 5) is 5.09. The lowest BCUT2D eigenvalue weighted by Crippen LogP contribution is -2.30. The van der Waals surface area contributed by atoms with Gasteiger partial charge in [0, 0.05) is 38.1 Å². The van der Waals surface area contributed by atoms with Crippen molar-refractivity contribution in [3.63, 3.8) is 0 Å². The monoisotopic (exact) mass is 308 g/mol. The third kappa shape index (κ3) is 3.18. The normalized spacial score (nSPS) is 20.0. The Bertz CT molecular complexity index is 601. The van der Waals surface area contributed by atoms with Crippen LogP contribution in [-0.4, -0.2) is 40.9 Å². The molecule has 2 saturated heterocycles. The van der Waals surface area contributed by atoms with Gasteiger partial charge in [-0.1, -0.05) is 0 Å². The number of anilines is 2. The van der Waals surface area contributed by atoms with Crippen molar-refractivity contribution in [1.82, 2.24) is 0 Å². The van der Waals surface area contributed by atoms with Crippen molar-refractivity contribution < 1.29 is 8.42 Å². The molecule has 0 aromatic heterocycles. The molecule has 0 unspecified atom stereocenters. The van der Waals surface area contributed by atoms with E-state index in [2.05, 4.69) is 15.9 Å². The lowest BCUT2D eigenvalue weighted by atomic mass is 10.1. The van der Waals surface area contributed by atoms with Crippen LogP contribution in [0.2, 0.25) is 0 Å². The number of hydrogen-bond donors (Lipinski definition) is 0. The van der Waals surface area contributed by atoms with Crippen LogP contribution in [0.3, 0.4) is 0 Å². The molecule has 0 saturated carbocycles. The van der Waals surface area contributed by atoms with Gasteiger partial charge in [-0.25, -0.2) is 8.42 Å². The molecular formula is C16H24N2O2S. The van der Waals surface area contributed by atoms with E-state index in [4.69, 9.17) is 0 Å². The van der Waals surface area contributed by atoms with E-state index >= 15 is 0 Å². The molecule has 4 nitrogen and oxygen atoms in total. The van der Waals surface area contributed by atoms with Crippen LogP contribution in [0.1, 0.15) is 32.1 Å². The fourth-order valence-electron chi connectivity index (χ4n) is 3.37. The van der Waals surface area contributed by atoms with Crippen LogP contribution in [-0.2, 0) is 9.84 Å². The summed E-state index contributed by atoms with van der Waals surface area (Å²) in [6, 6.07) is 5.86. The largest absolute Gasteiger partial charge is 0.371 e. The van der Waals surface area contributed by atoms with Gasteiger partial charge < -0.3 is 9.80 Å². The highest BCUT2D eigenvalue weighted by molar-refractivity contribution is 7.90. The maximum atomic E-state index is 12.1. The van der Waals surface area contributed by atoms with Gasteiger partial charge in [0.25, 0.3) is 0 Å². The van der Waals surface area contributed by atoms with Crippen molar-refractivity contribution in [2.45, 2.75) is 37.0 Å². The average molecular weight is 308 g/mol. The Hall–Kier alpha value is -1.23. The number of hydrogen-bond acceptors (Lipinski definition) is 4. The summed E-state index contributed by atoms with van der Waals surface area (Å²) in [5.41, 5.74) is 2.07. The quantitative estimate of drug-likeness (QED) is 0.861. The topological polar surface area (TPSA) is 40.6 Å². The number of piperidine rings is 1. The summed E-state index contributed by atoms with van der Waals surface area (Å²) >= 11 is 0. The van der Waals surface area contributed by atoms with Gasteiger partial charge in [-0.2, -0.15) is 0 Å². The molecule has 0 atom stereocenters. The number of rotatable bonds is 3. The van der Waals surface area contributed by atoms with Gasteiger partial charge in [0.1, 0.15) is 0 Å². The molecule has 3 rings (SSSR count). The molecule has 2 fully saturated rings. The summed E-state index contributed by atoms with van der Waals surface area (Å²) < 4.78 is 24.1. The van der Waals surface area contributed by atoms with Crippen molar-refractivity contribution >= 4 is 21.2 Å². The van der Waals surface area contributed by atoms with E-state index in [0.29, 0.717) is 4.90 Å². The van der Waals surface area contributed by atoms with E-state index in [9.17, 15) is 8.42 Å². The van der Waals surface area contributed by atoms with Crippen LogP contribution in [0.15, 0.2) is 23.1 Å². The zero-order valence-corrected chi connectivity index (χ0v) is 13.5. The maximum Gasteiger partial charge on any atom is 0.177 e. The summed E-state index contributed by atoms with van der Waals surface area (Å²) in [6.07, 6.45) is 7.37. The van der Waals surface area contributed by atoms with Crippen molar-refractivity contribution in [3.05, 3.63) is 18.2 Å². The molecular weight excluding hydrogens is 284 g/mol. The van der Waals surface area contributed by atoms with Crippen LogP contribution >= 0.6 is 0 Å². The smallest absolute Gasteiger partial charge is 0.177 e. The second-order valence-corrected chi connectivity index (χ2v) is 8.15. The van der Waals surface area contributed by atoms with Crippen molar-refractivity contribution in [3.8, 4) is 0 Å². The molecule has 2 aliphatic rings. The minimum absolute atomic E-state index is 0.477. The van der Waals surface area contributed by atoms with Gasteiger partial charge in [-0.05, 0) is 50.3 Å². The molecule has 116 valence electrons. The van der Waals surface area contributed by atoms with Gasteiger partial charge in [0.2, 0.25) is 0 Å². The summed E-state index contributed by atoms with van der Waals surface area (Å²) in [6.45, 7) is 4.09. The van der Waals surface area contributed by atoms with Crippen molar-refractivity contribution in [1.29, 1.82) is 0 Å². The Kier molecular flexibility index (Phi) is 4.11. The van der Waals surface area contributed by atoms with Crippen molar-refractivity contribution in [2.75, 3.05) is 42.2 Å². The van der Waals surface area contributed by atoms with E-state index < -0.39 is 9.84 Å². The van der Waals surface area contributed by atoms with Gasteiger partial charge >= 0.3 is 0 Å². The van der Waals surface area contributed by atoms with Crippen LogP contribution < -0.4 is 9.80 Å². The minimum atomic E-state index is -3.18. The average Bonchev–Trinajstić information content (AvgIpc) is 3.01. The molecule has 0 N–H and O–H groups in total. The molecule has 0 spiro atoms. The highest BCUT2D eigenvalue weighted by Crippen LogP contribution is 2.33. The summed E-state index contributed by atoms with van der Waals surface area (Å²) in [5, 5.41) is 0. The predicted octanol–water partition coefficient (Wildman–Crippen LogP) is 2.68. The van der Waals surface area contributed by atoms with E-state index in [1.54, 1.807) is 6.07 Å². The highest BCUT2D eigenvalue weighted by atomic mass is 32.2. The molecule has 1 aromatic rings. The summed E-state index contributed by atoms with van der Waals surface area (Å²) in [7, 11) is -3.18. The van der Waals surface area contributed by atoms with E-state index in [0.717, 1.165) is 44.7 Å². The molecule has 0 aliphatic carbocycles. The van der Waals surface area contributed by atoms with Gasteiger partial charge in [-0.3, -0.25) is 0 Å². The number of sulfone groups is 1. The number of nitrogens with zero attached hydrogens (tertiary/aromatic N) is 2. The Morgan fingerprint density at radius 2 is 1.43 bits per heavy atom. The molecule has 0 radical (unpaired) electrons. The van der Waals surface area contributed by atoms with Gasteiger partial charge in [-0.15, -0.1) is 0 Å². The van der Waals surface area contributed by atoms with Gasteiger partial charge in [0.05, 0.1) is 10.6 Å². The zero-order chi connectivity index (χ0) is 14.9. The minimum Gasteiger partial charge on any atom is -0.371 e. The standard InChI is InChI=1S/C16H24N2O2S/c1-21(19,20)16-8-7-14(17-9-3-2-4-10-17)13-15(16)18-11-5-6-12-18/h7-8,13H,2-6,9-12H2,1H3. The van der Waals surface area contributed by atoms with Crippen LogP contribution in [0, 0.1) is 0 Å². The molecule has 1 aromatic carbocycles. The summed E-state index contributed by atoms with van der Waals surface area (Å²) in [5.74, 6) is 0. The number of benzene rings is 1. The Morgan fingerprint density at radius 3 is 2.05 bits per heavy atom. The third-order valence-corrected chi connectivity index (χ3v) is 5.65. The van der Waals surface area contributed by atoms with Crippen molar-refractivity contribution in [2.24, 2.45) is 0 Å².